The highest BCUT2D eigenvalue weighted by Gasteiger charge is 2.55. The van der Waals surface area contributed by atoms with Gasteiger partial charge in [-0.3, -0.25) is 0 Å². The summed E-state index contributed by atoms with van der Waals surface area (Å²) < 4.78 is 0. The van der Waals surface area contributed by atoms with Crippen molar-refractivity contribution in [2.24, 2.45) is 11.8 Å². The van der Waals surface area contributed by atoms with Crippen molar-refractivity contribution in [3.8, 4) is 0 Å². The summed E-state index contributed by atoms with van der Waals surface area (Å²) in [7, 11) is 0. The lowest BCUT2D eigenvalue weighted by Crippen LogP contribution is -2.14. The monoisotopic (exact) mass is 164 g/mol. The van der Waals surface area contributed by atoms with Crippen LogP contribution in [0.5, 0.6) is 0 Å². The number of H-pyrrole nitrogens is 1. The predicted octanol–water partition coefficient (Wildman–Crippen LogP) is 0.0459. The van der Waals surface area contributed by atoms with E-state index in [1.165, 1.54) is 18.8 Å². The standard InChI is InChI=1S/C8H12N4/c1-4-8(11-12-10-4)7-5-2-9-3-6(5)7/h5-7,9H,2-3H2,1H3,(H,10,11,12). The second-order valence-electron chi connectivity index (χ2n) is 3.81. The van der Waals surface area contributed by atoms with Crippen molar-refractivity contribution in [3.63, 3.8) is 0 Å². The van der Waals surface area contributed by atoms with Crippen LogP contribution in [-0.4, -0.2) is 28.5 Å². The molecule has 2 N–H and O–H groups in total. The van der Waals surface area contributed by atoms with Crippen LogP contribution in [0.3, 0.4) is 0 Å². The molecule has 12 heavy (non-hydrogen) atoms. The molecule has 1 saturated carbocycles. The van der Waals surface area contributed by atoms with Gasteiger partial charge in [0.05, 0.1) is 11.4 Å². The van der Waals surface area contributed by atoms with Gasteiger partial charge < -0.3 is 5.32 Å². The summed E-state index contributed by atoms with van der Waals surface area (Å²) in [5, 5.41) is 14.3. The quantitative estimate of drug-likeness (QED) is 0.616. The molecule has 1 aromatic heterocycles. The minimum absolute atomic E-state index is 0.699. The largest absolute Gasteiger partial charge is 0.316 e. The third-order valence-electron chi connectivity index (χ3n) is 3.17. The summed E-state index contributed by atoms with van der Waals surface area (Å²) in [6.45, 7) is 4.36. The van der Waals surface area contributed by atoms with Crippen LogP contribution in [0, 0.1) is 18.8 Å². The van der Waals surface area contributed by atoms with Crippen LogP contribution >= 0.6 is 0 Å². The number of aromatic amines is 1. The van der Waals surface area contributed by atoms with Crippen LogP contribution in [0.4, 0.5) is 0 Å². The molecule has 2 atom stereocenters. The van der Waals surface area contributed by atoms with Crippen LogP contribution in [0.1, 0.15) is 17.3 Å². The minimum Gasteiger partial charge on any atom is -0.316 e. The van der Waals surface area contributed by atoms with Gasteiger partial charge >= 0.3 is 0 Å². The third kappa shape index (κ3) is 0.705. The van der Waals surface area contributed by atoms with Gasteiger partial charge in [-0.1, -0.05) is 0 Å². The van der Waals surface area contributed by atoms with E-state index in [-0.39, 0.29) is 0 Å². The van der Waals surface area contributed by atoms with Crippen LogP contribution < -0.4 is 5.32 Å². The molecule has 2 unspecified atom stereocenters. The lowest BCUT2D eigenvalue weighted by atomic mass is 10.2. The smallest absolute Gasteiger partial charge is 0.0891 e. The second kappa shape index (κ2) is 2.07. The first-order chi connectivity index (χ1) is 5.88. The fraction of sp³-hybridized carbons (Fsp3) is 0.750. The van der Waals surface area contributed by atoms with Gasteiger partial charge in [0.1, 0.15) is 0 Å². The Labute approximate surface area is 70.7 Å². The van der Waals surface area contributed by atoms with E-state index in [2.05, 4.69) is 20.7 Å². The number of fused-ring (bicyclic) bond motifs is 1. The number of nitrogens with one attached hydrogen (secondary N) is 2. The van der Waals surface area contributed by atoms with Crippen molar-refractivity contribution < 1.29 is 0 Å². The van der Waals surface area contributed by atoms with E-state index in [0.717, 1.165) is 17.5 Å². The molecule has 0 aromatic carbocycles. The van der Waals surface area contributed by atoms with Gasteiger partial charge in [-0.2, -0.15) is 15.4 Å². The molecule has 64 valence electrons. The van der Waals surface area contributed by atoms with Crippen molar-refractivity contribution >= 4 is 0 Å². The molecule has 0 radical (unpaired) electrons. The van der Waals surface area contributed by atoms with Crippen molar-refractivity contribution in [1.29, 1.82) is 0 Å². The van der Waals surface area contributed by atoms with Gasteiger partial charge in [-0.25, -0.2) is 0 Å². The lowest BCUT2D eigenvalue weighted by molar-refractivity contribution is 0.671. The summed E-state index contributed by atoms with van der Waals surface area (Å²) in [6.07, 6.45) is 0. The fourth-order valence-electron chi connectivity index (χ4n) is 2.43. The molecule has 1 aliphatic carbocycles. The maximum absolute atomic E-state index is 4.20. The molecular formula is C8H12N4. The van der Waals surface area contributed by atoms with Gasteiger partial charge in [0.2, 0.25) is 0 Å². The highest BCUT2D eigenvalue weighted by Crippen LogP contribution is 2.55. The molecule has 0 amide bonds. The normalized spacial score (nSPS) is 38.2. The van der Waals surface area contributed by atoms with Crippen LogP contribution in [0.15, 0.2) is 0 Å². The number of aryl methyl sites for hydroxylation is 1. The van der Waals surface area contributed by atoms with Gasteiger partial charge in [-0.15, -0.1) is 0 Å². The Morgan fingerprint density at radius 3 is 2.58 bits per heavy atom. The summed E-state index contributed by atoms with van der Waals surface area (Å²) in [5.74, 6) is 2.38. The molecule has 3 rings (SSSR count). The van der Waals surface area contributed by atoms with Crippen LogP contribution in [-0.2, 0) is 0 Å². The molecule has 2 fully saturated rings. The maximum Gasteiger partial charge on any atom is 0.0891 e. The Hall–Kier alpha value is -0.900. The lowest BCUT2D eigenvalue weighted by Gasteiger charge is -2.00. The Balaban J connectivity index is 1.89. The topological polar surface area (TPSA) is 53.6 Å². The van der Waals surface area contributed by atoms with E-state index in [9.17, 15) is 0 Å². The second-order valence-corrected chi connectivity index (χ2v) is 3.81. The van der Waals surface area contributed by atoms with E-state index < -0.39 is 0 Å². The molecule has 1 aromatic rings. The number of hydrogen-bond acceptors (Lipinski definition) is 3. The van der Waals surface area contributed by atoms with E-state index in [4.69, 9.17) is 0 Å². The molecule has 1 saturated heterocycles. The maximum atomic E-state index is 4.20. The highest BCUT2D eigenvalue weighted by molar-refractivity contribution is 5.26. The van der Waals surface area contributed by atoms with E-state index in [0.29, 0.717) is 5.92 Å². The van der Waals surface area contributed by atoms with Crippen molar-refractivity contribution in [2.75, 3.05) is 13.1 Å². The first-order valence-electron chi connectivity index (χ1n) is 4.46. The highest BCUT2D eigenvalue weighted by atomic mass is 15.3. The third-order valence-corrected chi connectivity index (χ3v) is 3.17. The fourth-order valence-corrected chi connectivity index (χ4v) is 2.43. The van der Waals surface area contributed by atoms with Crippen molar-refractivity contribution in [1.82, 2.24) is 20.7 Å². The summed E-state index contributed by atoms with van der Waals surface area (Å²) >= 11 is 0. The first-order valence-corrected chi connectivity index (χ1v) is 4.46. The van der Waals surface area contributed by atoms with Gasteiger partial charge in [0, 0.05) is 5.92 Å². The Kier molecular flexibility index (Phi) is 1.14. The molecule has 4 heteroatoms. The predicted molar refractivity (Wildman–Crippen MR) is 43.7 cm³/mol. The molecule has 0 bridgehead atoms. The average molecular weight is 164 g/mol. The van der Waals surface area contributed by atoms with E-state index >= 15 is 0 Å². The SMILES string of the molecule is Cc1n[nH]nc1C1C2CNCC21. The number of nitrogens with zero attached hydrogens (tertiary/aromatic N) is 2. The van der Waals surface area contributed by atoms with Crippen molar-refractivity contribution in [2.45, 2.75) is 12.8 Å². The number of aromatic nitrogens is 3. The van der Waals surface area contributed by atoms with Gasteiger partial charge in [0.15, 0.2) is 0 Å². The Morgan fingerprint density at radius 2 is 2.00 bits per heavy atom. The summed E-state index contributed by atoms with van der Waals surface area (Å²) in [4.78, 5) is 0. The van der Waals surface area contributed by atoms with Gasteiger partial charge in [-0.05, 0) is 31.8 Å². The summed E-state index contributed by atoms with van der Waals surface area (Å²) in [6, 6.07) is 0. The minimum atomic E-state index is 0.699. The first kappa shape index (κ1) is 6.60. The van der Waals surface area contributed by atoms with Crippen molar-refractivity contribution in [3.05, 3.63) is 11.4 Å². The Bertz CT molecular complexity index is 296. The zero-order chi connectivity index (χ0) is 8.13. The average Bonchev–Trinajstić information content (AvgIpc) is 2.56. The van der Waals surface area contributed by atoms with Crippen LogP contribution in [0.25, 0.3) is 0 Å². The molecule has 1 aliphatic heterocycles. The Morgan fingerprint density at radius 1 is 1.25 bits per heavy atom. The number of rotatable bonds is 1. The van der Waals surface area contributed by atoms with Gasteiger partial charge in [0.25, 0.3) is 0 Å². The van der Waals surface area contributed by atoms with E-state index in [1.807, 2.05) is 6.92 Å². The zero-order valence-electron chi connectivity index (χ0n) is 7.04. The molecular weight excluding hydrogens is 152 g/mol. The zero-order valence-corrected chi connectivity index (χ0v) is 7.04. The molecule has 4 nitrogen and oxygen atoms in total. The van der Waals surface area contributed by atoms with Crippen LogP contribution in [0.2, 0.25) is 0 Å². The number of piperidine rings is 1. The molecule has 0 spiro atoms. The number of hydrogen-bond donors (Lipinski definition) is 2. The van der Waals surface area contributed by atoms with E-state index in [1.54, 1.807) is 0 Å². The molecule has 2 heterocycles. The molecule has 2 aliphatic rings. The summed E-state index contributed by atoms with van der Waals surface area (Å²) in [5.41, 5.74) is 2.28.